The Bertz CT molecular complexity index is 1140. The second-order valence-electron chi connectivity index (χ2n) is 5.52. The maximum atomic E-state index is 12.5. The molecule has 3 rings (SSSR count). The van der Waals surface area contributed by atoms with Crippen LogP contribution in [-0.4, -0.2) is 36.8 Å². The van der Waals surface area contributed by atoms with Gasteiger partial charge in [-0.05, 0) is 31.2 Å². The van der Waals surface area contributed by atoms with Crippen LogP contribution in [0.5, 0.6) is 0 Å². The third-order valence-corrected chi connectivity index (χ3v) is 5.11. The van der Waals surface area contributed by atoms with Crippen molar-refractivity contribution in [1.29, 1.82) is 0 Å². The standard InChI is InChI=1S/C17H16N4O5S/c1-11-15(21-10-6-5-9-14(21)18-11)16(22)19-20-27(24,25)13-8-4-3-7-12(13)17(23)26-2/h3-10,20H,1-2H3,(H,19,22). The highest BCUT2D eigenvalue weighted by Gasteiger charge is 2.24. The van der Waals surface area contributed by atoms with Crippen molar-refractivity contribution in [2.75, 3.05) is 7.11 Å². The van der Waals surface area contributed by atoms with E-state index in [0.717, 1.165) is 7.11 Å². The molecule has 9 nitrogen and oxygen atoms in total. The molecule has 0 aliphatic heterocycles. The molecular formula is C17H16N4O5S. The molecule has 0 bridgehead atoms. The van der Waals surface area contributed by atoms with Crippen LogP contribution in [0.25, 0.3) is 5.65 Å². The monoisotopic (exact) mass is 388 g/mol. The molecule has 3 aromatic rings. The first-order valence-corrected chi connectivity index (χ1v) is 9.26. The van der Waals surface area contributed by atoms with Gasteiger partial charge in [-0.3, -0.25) is 14.6 Å². The molecule has 140 valence electrons. The number of nitrogens with zero attached hydrogens (tertiary/aromatic N) is 2. The average Bonchev–Trinajstić information content (AvgIpc) is 3.01. The summed E-state index contributed by atoms with van der Waals surface area (Å²) in [6.07, 6.45) is 1.64. The number of amides is 1. The summed E-state index contributed by atoms with van der Waals surface area (Å²) >= 11 is 0. The van der Waals surface area contributed by atoms with E-state index in [1.165, 1.54) is 24.3 Å². The second-order valence-corrected chi connectivity index (χ2v) is 7.17. The molecule has 0 spiro atoms. The van der Waals surface area contributed by atoms with Crippen LogP contribution in [0, 0.1) is 6.92 Å². The fourth-order valence-electron chi connectivity index (χ4n) is 2.59. The van der Waals surface area contributed by atoms with E-state index in [4.69, 9.17) is 0 Å². The summed E-state index contributed by atoms with van der Waals surface area (Å²) in [5.74, 6) is -1.50. The predicted octanol–water partition coefficient (Wildman–Crippen LogP) is 1.05. The van der Waals surface area contributed by atoms with Crippen molar-refractivity contribution in [3.05, 3.63) is 65.6 Å². The Labute approximate surface area is 155 Å². The summed E-state index contributed by atoms with van der Waals surface area (Å²) in [7, 11) is -3.06. The van der Waals surface area contributed by atoms with Crippen LogP contribution in [0.4, 0.5) is 0 Å². The zero-order valence-electron chi connectivity index (χ0n) is 14.5. The van der Waals surface area contributed by atoms with Gasteiger partial charge in [-0.25, -0.2) is 18.2 Å². The fraction of sp³-hybridized carbons (Fsp3) is 0.118. The molecule has 10 heteroatoms. The van der Waals surface area contributed by atoms with Crippen LogP contribution in [0.1, 0.15) is 26.5 Å². The Kier molecular flexibility index (Phi) is 4.93. The number of aryl methyl sites for hydroxylation is 1. The van der Waals surface area contributed by atoms with Crippen molar-refractivity contribution >= 4 is 27.5 Å². The minimum atomic E-state index is -4.21. The number of aromatic nitrogens is 2. The van der Waals surface area contributed by atoms with Gasteiger partial charge in [0.25, 0.3) is 15.9 Å². The number of ether oxygens (including phenoxy) is 1. The smallest absolute Gasteiger partial charge is 0.339 e. The minimum absolute atomic E-state index is 0.146. The first kappa shape index (κ1) is 18.5. The Morgan fingerprint density at radius 3 is 2.56 bits per heavy atom. The van der Waals surface area contributed by atoms with Crippen LogP contribution >= 0.6 is 0 Å². The van der Waals surface area contributed by atoms with Crippen molar-refractivity contribution < 1.29 is 22.7 Å². The van der Waals surface area contributed by atoms with Crippen LogP contribution < -0.4 is 10.3 Å². The van der Waals surface area contributed by atoms with Gasteiger partial charge in [0.2, 0.25) is 0 Å². The van der Waals surface area contributed by atoms with Crippen molar-refractivity contribution in [2.45, 2.75) is 11.8 Å². The molecule has 0 radical (unpaired) electrons. The van der Waals surface area contributed by atoms with Crippen LogP contribution in [0.2, 0.25) is 0 Å². The molecule has 0 fully saturated rings. The number of carbonyl (C=O) groups excluding carboxylic acids is 2. The number of fused-ring (bicyclic) bond motifs is 1. The number of pyridine rings is 1. The van der Waals surface area contributed by atoms with Crippen LogP contribution in [0.3, 0.4) is 0 Å². The van der Waals surface area contributed by atoms with Gasteiger partial charge in [-0.15, -0.1) is 4.83 Å². The van der Waals surface area contributed by atoms with Crippen molar-refractivity contribution in [3.8, 4) is 0 Å². The number of sulfonamides is 1. The van der Waals surface area contributed by atoms with E-state index >= 15 is 0 Å². The number of hydrazine groups is 1. The van der Waals surface area contributed by atoms with Crippen molar-refractivity contribution in [1.82, 2.24) is 19.6 Å². The highest BCUT2D eigenvalue weighted by atomic mass is 32.2. The zero-order valence-corrected chi connectivity index (χ0v) is 15.3. The second kappa shape index (κ2) is 7.17. The number of nitrogens with one attached hydrogen (secondary N) is 2. The molecule has 0 aliphatic rings. The molecule has 2 aromatic heterocycles. The lowest BCUT2D eigenvalue weighted by Gasteiger charge is -2.11. The molecule has 1 amide bonds. The van der Waals surface area contributed by atoms with Gasteiger partial charge in [-0.2, -0.15) is 0 Å². The SMILES string of the molecule is COC(=O)c1ccccc1S(=O)(=O)NNC(=O)c1c(C)nc2ccccn12. The summed E-state index contributed by atoms with van der Waals surface area (Å²) in [6, 6.07) is 10.7. The van der Waals surface area contributed by atoms with E-state index in [9.17, 15) is 18.0 Å². The Morgan fingerprint density at radius 1 is 1.11 bits per heavy atom. The molecule has 0 saturated carbocycles. The largest absolute Gasteiger partial charge is 0.465 e. The third kappa shape index (κ3) is 3.52. The quantitative estimate of drug-likeness (QED) is 0.498. The maximum Gasteiger partial charge on any atom is 0.339 e. The van der Waals surface area contributed by atoms with E-state index in [-0.39, 0.29) is 16.2 Å². The Hall–Kier alpha value is -3.24. The topological polar surface area (TPSA) is 119 Å². The maximum absolute atomic E-state index is 12.5. The lowest BCUT2D eigenvalue weighted by atomic mass is 10.2. The Balaban J connectivity index is 1.87. The lowest BCUT2D eigenvalue weighted by Crippen LogP contribution is -2.42. The van der Waals surface area contributed by atoms with Gasteiger partial charge >= 0.3 is 5.97 Å². The molecule has 0 aliphatic carbocycles. The molecule has 0 unspecified atom stereocenters. The summed E-state index contributed by atoms with van der Waals surface area (Å²) in [5, 5.41) is 0. The van der Waals surface area contributed by atoms with Gasteiger partial charge < -0.3 is 4.74 Å². The highest BCUT2D eigenvalue weighted by molar-refractivity contribution is 7.89. The minimum Gasteiger partial charge on any atom is -0.465 e. The summed E-state index contributed by atoms with van der Waals surface area (Å²) in [4.78, 5) is 30.2. The van der Waals surface area contributed by atoms with Gasteiger partial charge in [0.15, 0.2) is 0 Å². The molecular weight excluding hydrogens is 372 g/mol. The normalized spacial score (nSPS) is 11.3. The van der Waals surface area contributed by atoms with E-state index in [0.29, 0.717) is 11.3 Å². The number of esters is 1. The number of hydrogen-bond donors (Lipinski definition) is 2. The third-order valence-electron chi connectivity index (χ3n) is 3.80. The average molecular weight is 388 g/mol. The first-order valence-electron chi connectivity index (χ1n) is 7.78. The summed E-state index contributed by atoms with van der Waals surface area (Å²) in [5.41, 5.74) is 3.19. The van der Waals surface area contributed by atoms with Crippen LogP contribution in [-0.2, 0) is 14.8 Å². The van der Waals surface area contributed by atoms with E-state index in [1.54, 1.807) is 35.7 Å². The van der Waals surface area contributed by atoms with E-state index in [2.05, 4.69) is 15.1 Å². The van der Waals surface area contributed by atoms with Crippen molar-refractivity contribution in [2.24, 2.45) is 0 Å². The zero-order chi connectivity index (χ0) is 19.6. The number of imidazole rings is 1. The lowest BCUT2D eigenvalue weighted by molar-refractivity contribution is 0.0596. The number of methoxy groups -OCH3 is 1. The first-order chi connectivity index (χ1) is 12.8. The highest BCUT2D eigenvalue weighted by Crippen LogP contribution is 2.16. The van der Waals surface area contributed by atoms with Crippen molar-refractivity contribution in [3.63, 3.8) is 0 Å². The van der Waals surface area contributed by atoms with Gasteiger partial charge in [0.1, 0.15) is 11.3 Å². The van der Waals surface area contributed by atoms with Gasteiger partial charge in [0.05, 0.1) is 23.3 Å². The number of carbonyl (C=O) groups is 2. The number of benzene rings is 1. The number of hydrogen-bond acceptors (Lipinski definition) is 6. The number of rotatable bonds is 5. The molecule has 0 atom stereocenters. The molecule has 1 aromatic carbocycles. The fourth-order valence-corrected chi connectivity index (χ4v) is 3.63. The molecule has 27 heavy (non-hydrogen) atoms. The summed E-state index contributed by atoms with van der Waals surface area (Å²) in [6.45, 7) is 1.64. The summed E-state index contributed by atoms with van der Waals surface area (Å²) < 4.78 is 31.2. The van der Waals surface area contributed by atoms with Gasteiger partial charge in [0, 0.05) is 6.20 Å². The van der Waals surface area contributed by atoms with Crippen LogP contribution in [0.15, 0.2) is 53.6 Å². The molecule has 2 N–H and O–H groups in total. The predicted molar refractivity (Wildman–Crippen MR) is 95.5 cm³/mol. The molecule has 2 heterocycles. The Morgan fingerprint density at radius 2 is 1.81 bits per heavy atom. The van der Waals surface area contributed by atoms with E-state index in [1.807, 2.05) is 4.83 Å². The van der Waals surface area contributed by atoms with Gasteiger partial charge in [-0.1, -0.05) is 18.2 Å². The van der Waals surface area contributed by atoms with E-state index < -0.39 is 21.9 Å². The molecule has 0 saturated heterocycles.